The second kappa shape index (κ2) is 4.50. The molecule has 0 radical (unpaired) electrons. The highest BCUT2D eigenvalue weighted by Gasteiger charge is 1.94. The van der Waals surface area contributed by atoms with Crippen molar-refractivity contribution in [2.75, 3.05) is 0 Å². The SMILES string of the molecule is Cl.N=C(N)c1ccc(I)cn1. The van der Waals surface area contributed by atoms with Gasteiger partial charge in [0.2, 0.25) is 0 Å². The zero-order valence-corrected chi connectivity index (χ0v) is 8.52. The van der Waals surface area contributed by atoms with E-state index in [0.29, 0.717) is 5.69 Å². The molecule has 1 aromatic heterocycles. The number of halogens is 2. The fraction of sp³-hybridized carbons (Fsp3) is 0. The van der Waals surface area contributed by atoms with Gasteiger partial charge >= 0.3 is 0 Å². The number of hydrogen-bond acceptors (Lipinski definition) is 2. The van der Waals surface area contributed by atoms with Gasteiger partial charge < -0.3 is 5.73 Å². The molecule has 0 atom stereocenters. The second-order valence-corrected chi connectivity index (χ2v) is 3.02. The smallest absolute Gasteiger partial charge is 0.141 e. The first-order valence-corrected chi connectivity index (χ1v) is 3.74. The summed E-state index contributed by atoms with van der Waals surface area (Å²) in [5.41, 5.74) is 5.71. The lowest BCUT2D eigenvalue weighted by atomic mass is 10.3. The van der Waals surface area contributed by atoms with Gasteiger partial charge in [-0.2, -0.15) is 0 Å². The number of hydrogen-bond donors (Lipinski definition) is 2. The molecule has 0 fully saturated rings. The van der Waals surface area contributed by atoms with Crippen LogP contribution in [0.3, 0.4) is 0 Å². The van der Waals surface area contributed by atoms with E-state index in [0.717, 1.165) is 3.57 Å². The highest BCUT2D eigenvalue weighted by Crippen LogP contribution is 2.01. The van der Waals surface area contributed by atoms with E-state index in [1.54, 1.807) is 12.3 Å². The lowest BCUT2D eigenvalue weighted by Crippen LogP contribution is -2.12. The van der Waals surface area contributed by atoms with Crippen molar-refractivity contribution in [3.63, 3.8) is 0 Å². The van der Waals surface area contributed by atoms with E-state index < -0.39 is 0 Å². The molecule has 60 valence electrons. The maximum atomic E-state index is 7.02. The molecule has 0 aliphatic heterocycles. The molecule has 1 aromatic rings. The van der Waals surface area contributed by atoms with Crippen LogP contribution < -0.4 is 5.73 Å². The van der Waals surface area contributed by atoms with Crippen molar-refractivity contribution in [3.05, 3.63) is 27.6 Å². The third-order valence-electron chi connectivity index (χ3n) is 1.00. The predicted molar refractivity (Wildman–Crippen MR) is 55.2 cm³/mol. The summed E-state index contributed by atoms with van der Waals surface area (Å²) in [6.45, 7) is 0. The van der Waals surface area contributed by atoms with E-state index in [1.165, 1.54) is 0 Å². The van der Waals surface area contributed by atoms with Crippen LogP contribution in [0.25, 0.3) is 0 Å². The van der Waals surface area contributed by atoms with Crippen molar-refractivity contribution in [3.8, 4) is 0 Å². The molecule has 0 aliphatic rings. The van der Waals surface area contributed by atoms with Crippen molar-refractivity contribution in [2.24, 2.45) is 5.73 Å². The Morgan fingerprint density at radius 3 is 2.55 bits per heavy atom. The van der Waals surface area contributed by atoms with Crippen molar-refractivity contribution < 1.29 is 0 Å². The first-order chi connectivity index (χ1) is 4.70. The molecular weight excluding hydrogens is 276 g/mol. The van der Waals surface area contributed by atoms with Gasteiger partial charge in [0.25, 0.3) is 0 Å². The third-order valence-corrected chi connectivity index (χ3v) is 1.64. The van der Waals surface area contributed by atoms with Crippen molar-refractivity contribution in [1.82, 2.24) is 4.98 Å². The van der Waals surface area contributed by atoms with Crippen molar-refractivity contribution in [2.45, 2.75) is 0 Å². The summed E-state index contributed by atoms with van der Waals surface area (Å²) in [6, 6.07) is 3.59. The minimum Gasteiger partial charge on any atom is -0.382 e. The molecule has 0 unspecified atom stereocenters. The monoisotopic (exact) mass is 283 g/mol. The van der Waals surface area contributed by atoms with Gasteiger partial charge in [0, 0.05) is 9.77 Å². The minimum atomic E-state index is 0. The zero-order chi connectivity index (χ0) is 7.56. The Labute approximate surface area is 84.5 Å². The number of pyridine rings is 1. The normalized spacial score (nSPS) is 8.45. The van der Waals surface area contributed by atoms with E-state index in [-0.39, 0.29) is 18.2 Å². The van der Waals surface area contributed by atoms with Crippen molar-refractivity contribution in [1.29, 1.82) is 5.41 Å². The van der Waals surface area contributed by atoms with Gasteiger partial charge in [0.15, 0.2) is 0 Å². The van der Waals surface area contributed by atoms with Crippen LogP contribution in [0.2, 0.25) is 0 Å². The molecule has 0 spiro atoms. The number of aromatic nitrogens is 1. The molecule has 5 heteroatoms. The Balaban J connectivity index is 0.000001000. The molecule has 3 nitrogen and oxygen atoms in total. The summed E-state index contributed by atoms with van der Waals surface area (Å²) in [5.74, 6) is 0.0106. The second-order valence-electron chi connectivity index (χ2n) is 1.78. The molecule has 0 aromatic carbocycles. The van der Waals surface area contributed by atoms with E-state index in [2.05, 4.69) is 27.6 Å². The summed E-state index contributed by atoms with van der Waals surface area (Å²) >= 11 is 2.15. The number of rotatable bonds is 1. The van der Waals surface area contributed by atoms with Crippen LogP contribution in [0.5, 0.6) is 0 Å². The van der Waals surface area contributed by atoms with Crippen LogP contribution in [0.15, 0.2) is 18.3 Å². The number of nitrogens with two attached hydrogens (primary N) is 1. The fourth-order valence-corrected chi connectivity index (χ4v) is 0.854. The van der Waals surface area contributed by atoms with E-state index in [1.807, 2.05) is 6.07 Å². The first-order valence-electron chi connectivity index (χ1n) is 2.66. The number of nitrogens with one attached hydrogen (secondary N) is 1. The summed E-state index contributed by atoms with van der Waals surface area (Å²) in [5, 5.41) is 7.02. The maximum absolute atomic E-state index is 7.02. The van der Waals surface area contributed by atoms with Crippen LogP contribution in [0.1, 0.15) is 5.69 Å². The molecule has 0 aliphatic carbocycles. The van der Waals surface area contributed by atoms with Gasteiger partial charge in [-0.25, -0.2) is 0 Å². The van der Waals surface area contributed by atoms with Crippen molar-refractivity contribution >= 4 is 40.8 Å². The highest BCUT2D eigenvalue weighted by molar-refractivity contribution is 14.1. The molecule has 0 saturated carbocycles. The summed E-state index contributed by atoms with van der Waals surface area (Å²) in [6.07, 6.45) is 1.68. The van der Waals surface area contributed by atoms with Crippen LogP contribution >= 0.6 is 35.0 Å². The van der Waals surface area contributed by atoms with Gasteiger partial charge in [0.05, 0.1) is 0 Å². The predicted octanol–water partition coefficient (Wildman–Crippen LogP) is 1.39. The average molecular weight is 284 g/mol. The molecule has 0 saturated heterocycles. The van der Waals surface area contributed by atoms with Gasteiger partial charge in [-0.1, -0.05) is 0 Å². The van der Waals surface area contributed by atoms with Crippen LogP contribution in [0, 0.1) is 8.98 Å². The van der Waals surface area contributed by atoms with E-state index in [4.69, 9.17) is 11.1 Å². The lowest BCUT2D eigenvalue weighted by Gasteiger charge is -1.94. The molecule has 11 heavy (non-hydrogen) atoms. The van der Waals surface area contributed by atoms with E-state index >= 15 is 0 Å². The summed E-state index contributed by atoms with van der Waals surface area (Å²) in [7, 11) is 0. The summed E-state index contributed by atoms with van der Waals surface area (Å²) in [4.78, 5) is 3.92. The van der Waals surface area contributed by atoms with Gasteiger partial charge in [0.1, 0.15) is 11.5 Å². The minimum absolute atomic E-state index is 0. The Morgan fingerprint density at radius 2 is 2.18 bits per heavy atom. The largest absolute Gasteiger partial charge is 0.382 e. The zero-order valence-electron chi connectivity index (χ0n) is 5.54. The number of amidine groups is 1. The molecule has 3 N–H and O–H groups in total. The van der Waals surface area contributed by atoms with Crippen LogP contribution in [-0.2, 0) is 0 Å². The van der Waals surface area contributed by atoms with Gasteiger partial charge in [-0.05, 0) is 34.7 Å². The van der Waals surface area contributed by atoms with Gasteiger partial charge in [-0.3, -0.25) is 10.4 Å². The third kappa shape index (κ3) is 3.02. The van der Waals surface area contributed by atoms with Crippen LogP contribution in [0.4, 0.5) is 0 Å². The summed E-state index contributed by atoms with van der Waals surface area (Å²) < 4.78 is 1.04. The number of nitrogen functional groups attached to an aromatic ring is 1. The molecule has 1 rings (SSSR count). The molecule has 1 heterocycles. The Kier molecular flexibility index (Phi) is 4.36. The topological polar surface area (TPSA) is 62.8 Å². The van der Waals surface area contributed by atoms with Crippen LogP contribution in [-0.4, -0.2) is 10.8 Å². The average Bonchev–Trinajstić information content (AvgIpc) is 1.88. The maximum Gasteiger partial charge on any atom is 0.141 e. The Hall–Kier alpha value is -0.360. The first kappa shape index (κ1) is 10.6. The Morgan fingerprint density at radius 1 is 1.55 bits per heavy atom. The molecular formula is C6H7ClIN3. The Bertz CT molecular complexity index is 247. The van der Waals surface area contributed by atoms with E-state index in [9.17, 15) is 0 Å². The number of nitrogens with zero attached hydrogens (tertiary/aromatic N) is 1. The quantitative estimate of drug-likeness (QED) is 0.465. The van der Waals surface area contributed by atoms with Gasteiger partial charge in [-0.15, -0.1) is 12.4 Å². The fourth-order valence-electron chi connectivity index (χ4n) is 0.535. The highest BCUT2D eigenvalue weighted by atomic mass is 127. The molecule has 0 bridgehead atoms. The standard InChI is InChI=1S/C6H6IN3.ClH/c7-4-1-2-5(6(8)9)10-3-4;/h1-3H,(H3,8,9);1H. The lowest BCUT2D eigenvalue weighted by molar-refractivity contribution is 1.24. The molecule has 0 amide bonds.